The Bertz CT molecular complexity index is 624. The van der Waals surface area contributed by atoms with Crippen LogP contribution in [0.25, 0.3) is 5.69 Å². The van der Waals surface area contributed by atoms with E-state index in [0.717, 1.165) is 44.1 Å². The first kappa shape index (κ1) is 19.4. The van der Waals surface area contributed by atoms with Crippen molar-refractivity contribution in [1.82, 2.24) is 20.4 Å². The lowest BCUT2D eigenvalue weighted by atomic mass is 10.2. The highest BCUT2D eigenvalue weighted by Gasteiger charge is 2.02. The number of benzene rings is 1. The van der Waals surface area contributed by atoms with Crippen LogP contribution in [-0.2, 0) is 6.42 Å². The highest BCUT2D eigenvalue weighted by molar-refractivity contribution is 7.98. The Morgan fingerprint density at radius 3 is 2.80 bits per heavy atom. The van der Waals surface area contributed by atoms with E-state index in [1.54, 1.807) is 0 Å². The number of guanidine groups is 1. The second-order valence-corrected chi connectivity index (χ2v) is 6.75. The third-order valence-electron chi connectivity index (χ3n) is 3.73. The second-order valence-electron chi connectivity index (χ2n) is 5.77. The van der Waals surface area contributed by atoms with E-state index in [4.69, 9.17) is 0 Å². The molecule has 2 N–H and O–H groups in total. The summed E-state index contributed by atoms with van der Waals surface area (Å²) in [5.74, 6) is 2.12. The first-order chi connectivity index (χ1) is 12.3. The molecule has 1 aromatic heterocycles. The highest BCUT2D eigenvalue weighted by atomic mass is 32.2. The van der Waals surface area contributed by atoms with Crippen LogP contribution in [0.4, 0.5) is 0 Å². The van der Waals surface area contributed by atoms with Crippen molar-refractivity contribution in [2.45, 2.75) is 26.2 Å². The van der Waals surface area contributed by atoms with Crippen LogP contribution in [0.3, 0.4) is 0 Å². The van der Waals surface area contributed by atoms with E-state index < -0.39 is 0 Å². The standard InChI is InChI=1S/C19H29N5S/c1-3-20-19(21-12-7-8-14-25-2)22-13-11-17-15-23-24(16-17)18-9-5-4-6-10-18/h4-6,9-10,15-16H,3,7-8,11-14H2,1-2H3,(H2,20,21,22). The van der Waals surface area contributed by atoms with Crippen LogP contribution in [-0.4, -0.2) is 47.4 Å². The van der Waals surface area contributed by atoms with E-state index >= 15 is 0 Å². The smallest absolute Gasteiger partial charge is 0.191 e. The maximum atomic E-state index is 4.63. The Balaban J connectivity index is 1.77. The Hall–Kier alpha value is -1.95. The van der Waals surface area contributed by atoms with Gasteiger partial charge in [-0.15, -0.1) is 0 Å². The van der Waals surface area contributed by atoms with Crippen LogP contribution in [0.15, 0.2) is 47.7 Å². The normalized spacial score (nSPS) is 11.5. The average Bonchev–Trinajstić information content (AvgIpc) is 3.11. The molecule has 6 heteroatoms. The molecule has 0 aliphatic heterocycles. The molecule has 5 nitrogen and oxygen atoms in total. The van der Waals surface area contributed by atoms with Gasteiger partial charge in [-0.2, -0.15) is 16.9 Å². The van der Waals surface area contributed by atoms with Crippen LogP contribution in [0.5, 0.6) is 0 Å². The topological polar surface area (TPSA) is 54.2 Å². The number of hydrogen-bond donors (Lipinski definition) is 2. The molecule has 2 aromatic rings. The molecule has 0 saturated carbocycles. The van der Waals surface area contributed by atoms with Gasteiger partial charge in [0.15, 0.2) is 5.96 Å². The van der Waals surface area contributed by atoms with Gasteiger partial charge in [0.2, 0.25) is 0 Å². The first-order valence-corrected chi connectivity index (χ1v) is 10.3. The largest absolute Gasteiger partial charge is 0.357 e. The fourth-order valence-corrected chi connectivity index (χ4v) is 2.92. The Kier molecular flexibility index (Phi) is 8.97. The summed E-state index contributed by atoms with van der Waals surface area (Å²) in [6.45, 7) is 4.69. The SMILES string of the molecule is CCNC(=NCCCCSC)NCCc1cnn(-c2ccccc2)c1. The third-order valence-corrected chi connectivity index (χ3v) is 4.43. The first-order valence-electron chi connectivity index (χ1n) is 8.93. The summed E-state index contributed by atoms with van der Waals surface area (Å²) < 4.78 is 1.92. The quantitative estimate of drug-likeness (QED) is 0.389. The van der Waals surface area contributed by atoms with Crippen molar-refractivity contribution in [2.24, 2.45) is 4.99 Å². The predicted molar refractivity (Wildman–Crippen MR) is 109 cm³/mol. The zero-order chi connectivity index (χ0) is 17.7. The fourth-order valence-electron chi connectivity index (χ4n) is 2.43. The molecule has 0 fully saturated rings. The number of nitrogens with one attached hydrogen (secondary N) is 2. The summed E-state index contributed by atoms with van der Waals surface area (Å²) in [6, 6.07) is 10.2. The number of para-hydroxylation sites is 1. The van der Waals surface area contributed by atoms with Gasteiger partial charge in [-0.05, 0) is 55.9 Å². The van der Waals surface area contributed by atoms with Crippen molar-refractivity contribution in [1.29, 1.82) is 0 Å². The van der Waals surface area contributed by atoms with Crippen molar-refractivity contribution in [3.05, 3.63) is 48.3 Å². The number of nitrogens with zero attached hydrogens (tertiary/aromatic N) is 3. The maximum Gasteiger partial charge on any atom is 0.191 e. The maximum absolute atomic E-state index is 4.63. The van der Waals surface area contributed by atoms with Gasteiger partial charge in [0.05, 0.1) is 11.9 Å². The monoisotopic (exact) mass is 359 g/mol. The summed E-state index contributed by atoms with van der Waals surface area (Å²) in [5, 5.41) is 11.1. The molecule has 1 aromatic carbocycles. The minimum Gasteiger partial charge on any atom is -0.357 e. The molecule has 0 radical (unpaired) electrons. The second kappa shape index (κ2) is 11.6. The molecule has 0 atom stereocenters. The number of aromatic nitrogens is 2. The summed E-state index contributed by atoms with van der Waals surface area (Å²) in [5.41, 5.74) is 2.30. The molecule has 0 spiro atoms. The van der Waals surface area contributed by atoms with E-state index in [1.165, 1.54) is 17.7 Å². The number of hydrogen-bond acceptors (Lipinski definition) is 3. The lowest BCUT2D eigenvalue weighted by molar-refractivity contribution is 0.770. The van der Waals surface area contributed by atoms with Crippen LogP contribution in [0.1, 0.15) is 25.3 Å². The number of thioether (sulfide) groups is 1. The van der Waals surface area contributed by atoms with E-state index in [9.17, 15) is 0 Å². The van der Waals surface area contributed by atoms with Crippen LogP contribution >= 0.6 is 11.8 Å². The minimum atomic E-state index is 0.844. The van der Waals surface area contributed by atoms with E-state index in [-0.39, 0.29) is 0 Å². The van der Waals surface area contributed by atoms with Crippen LogP contribution < -0.4 is 10.6 Å². The van der Waals surface area contributed by atoms with Gasteiger partial charge in [-0.25, -0.2) is 4.68 Å². The fraction of sp³-hybridized carbons (Fsp3) is 0.474. The van der Waals surface area contributed by atoms with Crippen molar-refractivity contribution in [2.75, 3.05) is 31.6 Å². The van der Waals surface area contributed by atoms with E-state index in [1.807, 2.05) is 40.8 Å². The van der Waals surface area contributed by atoms with Crippen LogP contribution in [0, 0.1) is 0 Å². The van der Waals surface area contributed by atoms with Gasteiger partial charge < -0.3 is 10.6 Å². The third kappa shape index (κ3) is 7.22. The summed E-state index contributed by atoms with van der Waals surface area (Å²) in [4.78, 5) is 4.63. The zero-order valence-electron chi connectivity index (χ0n) is 15.2. The van der Waals surface area contributed by atoms with Gasteiger partial charge in [0.1, 0.15) is 0 Å². The molecule has 0 saturated heterocycles. The molecule has 0 aliphatic carbocycles. The lowest BCUT2D eigenvalue weighted by Crippen LogP contribution is -2.38. The molecule has 0 aliphatic rings. The molecule has 136 valence electrons. The summed E-state index contributed by atoms with van der Waals surface area (Å²) in [6.07, 6.45) is 9.45. The van der Waals surface area contributed by atoms with Gasteiger partial charge in [-0.1, -0.05) is 18.2 Å². The van der Waals surface area contributed by atoms with E-state index in [2.05, 4.69) is 52.2 Å². The molecule has 2 rings (SSSR count). The summed E-state index contributed by atoms with van der Waals surface area (Å²) >= 11 is 1.89. The van der Waals surface area contributed by atoms with E-state index in [0.29, 0.717) is 0 Å². The Morgan fingerprint density at radius 1 is 1.20 bits per heavy atom. The van der Waals surface area contributed by atoms with Gasteiger partial charge >= 0.3 is 0 Å². The number of rotatable bonds is 10. The summed E-state index contributed by atoms with van der Waals surface area (Å²) in [7, 11) is 0. The molecule has 0 bridgehead atoms. The van der Waals surface area contributed by atoms with Gasteiger partial charge in [0.25, 0.3) is 0 Å². The van der Waals surface area contributed by atoms with Crippen molar-refractivity contribution in [3.63, 3.8) is 0 Å². The number of unbranched alkanes of at least 4 members (excludes halogenated alkanes) is 1. The van der Waals surface area contributed by atoms with Gasteiger partial charge in [-0.3, -0.25) is 4.99 Å². The molecular weight excluding hydrogens is 330 g/mol. The molecule has 0 unspecified atom stereocenters. The Labute approximate surface area is 155 Å². The number of aliphatic imine (C=N–C) groups is 1. The lowest BCUT2D eigenvalue weighted by Gasteiger charge is -2.10. The Morgan fingerprint density at radius 2 is 2.04 bits per heavy atom. The minimum absolute atomic E-state index is 0.844. The predicted octanol–water partition coefficient (Wildman–Crippen LogP) is 3.11. The molecule has 0 amide bonds. The van der Waals surface area contributed by atoms with Crippen molar-refractivity contribution in [3.8, 4) is 5.69 Å². The molecule has 1 heterocycles. The van der Waals surface area contributed by atoms with Crippen LogP contribution in [0.2, 0.25) is 0 Å². The molecule has 25 heavy (non-hydrogen) atoms. The zero-order valence-corrected chi connectivity index (χ0v) is 16.1. The average molecular weight is 360 g/mol. The highest BCUT2D eigenvalue weighted by Crippen LogP contribution is 2.07. The van der Waals surface area contributed by atoms with Crippen molar-refractivity contribution < 1.29 is 0 Å². The van der Waals surface area contributed by atoms with Crippen molar-refractivity contribution >= 4 is 17.7 Å². The van der Waals surface area contributed by atoms with Gasteiger partial charge in [0, 0.05) is 25.8 Å². The molecular formula is C19H29N5S.